The predicted molar refractivity (Wildman–Crippen MR) is 76.9 cm³/mol. The van der Waals surface area contributed by atoms with Crippen LogP contribution in [0.2, 0.25) is 0 Å². The number of aliphatic hydroxyl groups is 1. The molecular formula is C16H15FN2O2. The molecule has 2 aromatic rings. The minimum absolute atomic E-state index is 0.00669. The van der Waals surface area contributed by atoms with Crippen LogP contribution in [-0.4, -0.2) is 22.6 Å². The van der Waals surface area contributed by atoms with Gasteiger partial charge in [-0.25, -0.2) is 4.39 Å². The maximum absolute atomic E-state index is 13.7. The monoisotopic (exact) mass is 286 g/mol. The first kappa shape index (κ1) is 14.8. The number of carbonyl (C=O) groups excluding carboxylic acids is 1. The highest BCUT2D eigenvalue weighted by molar-refractivity contribution is 5.92. The Hall–Kier alpha value is -2.58. The van der Waals surface area contributed by atoms with Gasteiger partial charge in [0.05, 0.1) is 6.61 Å². The number of H-pyrrole nitrogens is 1. The van der Waals surface area contributed by atoms with Gasteiger partial charge in [-0.1, -0.05) is 11.8 Å². The molecule has 0 radical (unpaired) electrons. The molecule has 5 heteroatoms. The van der Waals surface area contributed by atoms with Gasteiger partial charge < -0.3 is 15.4 Å². The van der Waals surface area contributed by atoms with E-state index in [4.69, 9.17) is 5.11 Å². The second kappa shape index (κ2) is 7.27. The first-order valence-corrected chi connectivity index (χ1v) is 6.50. The molecule has 108 valence electrons. The fourth-order valence-electron chi connectivity index (χ4n) is 1.75. The van der Waals surface area contributed by atoms with Gasteiger partial charge in [-0.2, -0.15) is 0 Å². The summed E-state index contributed by atoms with van der Waals surface area (Å²) in [6, 6.07) is 7.83. The molecule has 0 unspecified atom stereocenters. The van der Waals surface area contributed by atoms with E-state index in [9.17, 15) is 9.18 Å². The van der Waals surface area contributed by atoms with Gasteiger partial charge in [0, 0.05) is 30.3 Å². The number of amides is 1. The van der Waals surface area contributed by atoms with E-state index in [1.165, 1.54) is 6.07 Å². The Morgan fingerprint density at radius 3 is 2.95 bits per heavy atom. The summed E-state index contributed by atoms with van der Waals surface area (Å²) in [6.45, 7) is 0.0759. The third-order valence-corrected chi connectivity index (χ3v) is 2.80. The molecule has 4 nitrogen and oxygen atoms in total. The van der Waals surface area contributed by atoms with E-state index in [2.05, 4.69) is 22.1 Å². The standard InChI is InChI=1S/C16H15FN2O2/c17-14-7-6-12(4-1-2-9-20)10-13(14)11-19-16(21)15-5-3-8-18-15/h3,5-8,10,18,20H,2,9,11H2,(H,19,21). The molecule has 1 amide bonds. The Balaban J connectivity index is 2.04. The lowest BCUT2D eigenvalue weighted by molar-refractivity contribution is 0.0946. The van der Waals surface area contributed by atoms with E-state index in [1.54, 1.807) is 30.5 Å². The van der Waals surface area contributed by atoms with Crippen molar-refractivity contribution >= 4 is 5.91 Å². The zero-order valence-corrected chi connectivity index (χ0v) is 11.3. The Morgan fingerprint density at radius 1 is 1.38 bits per heavy atom. The fourth-order valence-corrected chi connectivity index (χ4v) is 1.75. The molecular weight excluding hydrogens is 271 g/mol. The lowest BCUT2D eigenvalue weighted by Crippen LogP contribution is -2.23. The molecule has 0 saturated heterocycles. The maximum atomic E-state index is 13.7. The summed E-state index contributed by atoms with van der Waals surface area (Å²) < 4.78 is 13.7. The van der Waals surface area contributed by atoms with Gasteiger partial charge in [0.1, 0.15) is 11.5 Å². The van der Waals surface area contributed by atoms with Gasteiger partial charge in [0.25, 0.3) is 5.91 Å². The second-order valence-electron chi connectivity index (χ2n) is 4.35. The van der Waals surface area contributed by atoms with Gasteiger partial charge in [-0.3, -0.25) is 4.79 Å². The van der Waals surface area contributed by atoms with Crippen LogP contribution in [-0.2, 0) is 6.54 Å². The number of benzene rings is 1. The molecule has 0 atom stereocenters. The van der Waals surface area contributed by atoms with Crippen molar-refractivity contribution in [2.75, 3.05) is 6.61 Å². The van der Waals surface area contributed by atoms with Crippen LogP contribution in [0.4, 0.5) is 4.39 Å². The minimum Gasteiger partial charge on any atom is -0.395 e. The Kier molecular flexibility index (Phi) is 5.13. The number of rotatable bonds is 4. The van der Waals surface area contributed by atoms with Gasteiger partial charge in [-0.05, 0) is 30.3 Å². The van der Waals surface area contributed by atoms with Crippen LogP contribution in [0.3, 0.4) is 0 Å². The van der Waals surface area contributed by atoms with Crippen LogP contribution < -0.4 is 5.32 Å². The summed E-state index contributed by atoms with van der Waals surface area (Å²) in [7, 11) is 0. The van der Waals surface area contributed by atoms with Crippen LogP contribution >= 0.6 is 0 Å². The molecule has 0 spiro atoms. The summed E-state index contributed by atoms with van der Waals surface area (Å²) in [5.74, 6) is 4.91. The van der Waals surface area contributed by atoms with E-state index >= 15 is 0 Å². The predicted octanol–water partition coefficient (Wildman–Crippen LogP) is 1.82. The number of nitrogens with one attached hydrogen (secondary N) is 2. The van der Waals surface area contributed by atoms with Gasteiger partial charge in [0.2, 0.25) is 0 Å². The molecule has 1 aromatic heterocycles. The third-order valence-electron chi connectivity index (χ3n) is 2.80. The maximum Gasteiger partial charge on any atom is 0.267 e. The molecule has 0 aliphatic heterocycles. The van der Waals surface area contributed by atoms with Crippen LogP contribution in [0.1, 0.15) is 28.0 Å². The van der Waals surface area contributed by atoms with E-state index in [1.807, 2.05) is 0 Å². The second-order valence-corrected chi connectivity index (χ2v) is 4.35. The van der Waals surface area contributed by atoms with E-state index in [0.29, 0.717) is 23.2 Å². The summed E-state index contributed by atoms with van der Waals surface area (Å²) >= 11 is 0. The van der Waals surface area contributed by atoms with Crippen LogP contribution in [0.15, 0.2) is 36.5 Å². The number of aromatic amines is 1. The van der Waals surface area contributed by atoms with Crippen molar-refractivity contribution in [1.29, 1.82) is 0 Å². The summed E-state index contributed by atoms with van der Waals surface area (Å²) in [5, 5.41) is 11.3. The first-order valence-electron chi connectivity index (χ1n) is 6.50. The molecule has 0 aliphatic carbocycles. The van der Waals surface area contributed by atoms with Crippen molar-refractivity contribution < 1.29 is 14.3 Å². The largest absolute Gasteiger partial charge is 0.395 e. The van der Waals surface area contributed by atoms with Crippen molar-refractivity contribution in [2.45, 2.75) is 13.0 Å². The molecule has 0 fully saturated rings. The number of halogens is 1. The molecule has 0 bridgehead atoms. The highest BCUT2D eigenvalue weighted by Crippen LogP contribution is 2.10. The average molecular weight is 286 g/mol. The van der Waals surface area contributed by atoms with Crippen LogP contribution in [0.5, 0.6) is 0 Å². The summed E-state index contributed by atoms with van der Waals surface area (Å²) in [5.41, 5.74) is 1.44. The highest BCUT2D eigenvalue weighted by atomic mass is 19.1. The Morgan fingerprint density at radius 2 is 2.24 bits per heavy atom. The lowest BCUT2D eigenvalue weighted by atomic mass is 10.1. The van der Waals surface area contributed by atoms with E-state index < -0.39 is 5.82 Å². The number of aromatic nitrogens is 1. The zero-order chi connectivity index (χ0) is 15.1. The van der Waals surface area contributed by atoms with Gasteiger partial charge >= 0.3 is 0 Å². The van der Waals surface area contributed by atoms with E-state index in [-0.39, 0.29) is 19.1 Å². The average Bonchev–Trinajstić information content (AvgIpc) is 3.02. The summed E-state index contributed by atoms with van der Waals surface area (Å²) in [6.07, 6.45) is 2.02. The number of carbonyl (C=O) groups is 1. The van der Waals surface area contributed by atoms with Gasteiger partial charge in [-0.15, -0.1) is 0 Å². The van der Waals surface area contributed by atoms with Crippen molar-refractivity contribution in [3.63, 3.8) is 0 Å². The SMILES string of the molecule is O=C(NCc1cc(C#CCCO)ccc1F)c1ccc[nH]1. The van der Waals surface area contributed by atoms with Crippen molar-refractivity contribution in [3.05, 3.63) is 59.2 Å². The highest BCUT2D eigenvalue weighted by Gasteiger charge is 2.08. The number of hydrogen-bond acceptors (Lipinski definition) is 2. The molecule has 2 rings (SSSR count). The molecule has 0 saturated carbocycles. The van der Waals surface area contributed by atoms with Crippen molar-refractivity contribution in [2.24, 2.45) is 0 Å². The van der Waals surface area contributed by atoms with Gasteiger partial charge in [0.15, 0.2) is 0 Å². The topological polar surface area (TPSA) is 65.1 Å². The quantitative estimate of drug-likeness (QED) is 0.751. The van der Waals surface area contributed by atoms with Crippen LogP contribution in [0.25, 0.3) is 0 Å². The minimum atomic E-state index is -0.394. The lowest BCUT2D eigenvalue weighted by Gasteiger charge is -2.06. The zero-order valence-electron chi connectivity index (χ0n) is 11.3. The molecule has 1 aromatic carbocycles. The van der Waals surface area contributed by atoms with E-state index in [0.717, 1.165) is 0 Å². The Labute approximate surface area is 122 Å². The molecule has 1 heterocycles. The molecule has 3 N–H and O–H groups in total. The van der Waals surface area contributed by atoms with Crippen molar-refractivity contribution in [3.8, 4) is 11.8 Å². The first-order chi connectivity index (χ1) is 10.2. The third kappa shape index (κ3) is 4.20. The fraction of sp³-hybridized carbons (Fsp3) is 0.188. The number of aliphatic hydroxyl groups excluding tert-OH is 1. The van der Waals surface area contributed by atoms with Crippen molar-refractivity contribution in [1.82, 2.24) is 10.3 Å². The number of hydrogen-bond donors (Lipinski definition) is 3. The molecule has 0 aliphatic rings. The van der Waals surface area contributed by atoms with Crippen LogP contribution in [0, 0.1) is 17.7 Å². The normalized spacial score (nSPS) is 9.81. The molecule has 21 heavy (non-hydrogen) atoms. The smallest absolute Gasteiger partial charge is 0.267 e. The Bertz CT molecular complexity index is 669. The summed E-state index contributed by atoms with van der Waals surface area (Å²) in [4.78, 5) is 14.5.